The molecule has 3 heterocycles. The Labute approximate surface area is 285 Å². The molecule has 9 aromatic rings. The summed E-state index contributed by atoms with van der Waals surface area (Å²) in [7, 11) is -3.13. The van der Waals surface area contributed by atoms with Gasteiger partial charge in [-0.3, -0.25) is 4.98 Å². The Bertz CT molecular complexity index is 2610. The van der Waals surface area contributed by atoms with Gasteiger partial charge in [-0.1, -0.05) is 97.1 Å². The quantitative estimate of drug-likeness (QED) is 0.137. The van der Waals surface area contributed by atoms with Crippen LogP contribution in [0.15, 0.2) is 181 Å². The molecule has 3 aromatic heterocycles. The molecule has 0 spiro atoms. The second kappa shape index (κ2) is 12.6. The second-order valence-corrected chi connectivity index (χ2v) is 14.7. The number of fused-ring (bicyclic) bond motifs is 6. The van der Waals surface area contributed by atoms with Crippen LogP contribution in [0.3, 0.4) is 0 Å². The van der Waals surface area contributed by atoms with Gasteiger partial charge < -0.3 is 13.5 Å². The summed E-state index contributed by atoms with van der Waals surface area (Å²) in [6.45, 7) is 5.25. The van der Waals surface area contributed by atoms with Crippen molar-refractivity contribution >= 4 is 66.9 Å². The predicted molar refractivity (Wildman–Crippen MR) is 207 cm³/mol. The summed E-state index contributed by atoms with van der Waals surface area (Å²) in [4.78, 5) is 4.79. The first kappa shape index (κ1) is 30.4. The first-order valence-corrected chi connectivity index (χ1v) is 18.0. The molecule has 4 nitrogen and oxygen atoms in total. The summed E-state index contributed by atoms with van der Waals surface area (Å²) in [6.07, 6.45) is 3.61. The summed E-state index contributed by atoms with van der Waals surface area (Å²) < 4.78 is 23.7. The molecular formula is C44H33N2O2P. The highest BCUT2D eigenvalue weighted by atomic mass is 31.2. The summed E-state index contributed by atoms with van der Waals surface area (Å²) >= 11 is 0. The second-order valence-electron chi connectivity index (χ2n) is 12.0. The van der Waals surface area contributed by atoms with Crippen molar-refractivity contribution < 1.29 is 8.98 Å². The van der Waals surface area contributed by atoms with Gasteiger partial charge in [0.1, 0.15) is 11.2 Å². The molecule has 0 aliphatic carbocycles. The highest BCUT2D eigenvalue weighted by Crippen LogP contribution is 2.44. The Morgan fingerprint density at radius 1 is 0.592 bits per heavy atom. The normalized spacial score (nSPS) is 11.5. The van der Waals surface area contributed by atoms with E-state index in [-0.39, 0.29) is 0 Å². The third-order valence-corrected chi connectivity index (χ3v) is 12.0. The summed E-state index contributed by atoms with van der Waals surface area (Å²) in [6, 6.07) is 53.0. The Morgan fingerprint density at radius 3 is 1.80 bits per heavy atom. The number of furan rings is 1. The molecule has 0 atom stereocenters. The van der Waals surface area contributed by atoms with Crippen LogP contribution in [0.1, 0.15) is 6.92 Å². The van der Waals surface area contributed by atoms with Crippen LogP contribution in [0, 0.1) is 0 Å². The van der Waals surface area contributed by atoms with Crippen LogP contribution < -0.4 is 15.9 Å². The third kappa shape index (κ3) is 5.18. The van der Waals surface area contributed by atoms with Gasteiger partial charge in [0, 0.05) is 44.0 Å². The minimum atomic E-state index is -3.13. The number of rotatable bonds is 5. The fraction of sp³-hybridized carbons (Fsp3) is 0.0227. The molecular weight excluding hydrogens is 619 g/mol. The van der Waals surface area contributed by atoms with E-state index in [1.165, 1.54) is 0 Å². The molecule has 0 fully saturated rings. The van der Waals surface area contributed by atoms with Gasteiger partial charge in [-0.15, -0.1) is 6.58 Å². The molecule has 0 N–H and O–H groups in total. The smallest absolute Gasteiger partial charge is 0.171 e. The lowest BCUT2D eigenvalue weighted by molar-refractivity contribution is 0.592. The van der Waals surface area contributed by atoms with Crippen LogP contribution in [0.4, 0.5) is 0 Å². The van der Waals surface area contributed by atoms with E-state index in [0.29, 0.717) is 0 Å². The molecule has 49 heavy (non-hydrogen) atoms. The minimum Gasteiger partial charge on any atom is -0.456 e. The fourth-order valence-corrected chi connectivity index (χ4v) is 9.41. The number of hydrogen-bond donors (Lipinski definition) is 0. The fourth-order valence-electron chi connectivity index (χ4n) is 6.73. The number of para-hydroxylation sites is 1. The van der Waals surface area contributed by atoms with Crippen molar-refractivity contribution in [1.29, 1.82) is 0 Å². The van der Waals surface area contributed by atoms with E-state index in [1.54, 1.807) is 6.08 Å². The Kier molecular flexibility index (Phi) is 7.80. The summed E-state index contributed by atoms with van der Waals surface area (Å²) in [5.41, 5.74) is 8.01. The Hall–Kier alpha value is -5.96. The zero-order valence-corrected chi connectivity index (χ0v) is 27.9. The minimum absolute atomic E-state index is 0.772. The SMILES string of the molecule is C=CC.O=P(c1ccccc1)(c1ccccc1)c1ccc2oc3ccc(-c4ccc5c(c4)c4ncccc4n5-c4ccccc4)cc3c2c1. The topological polar surface area (TPSA) is 48.0 Å². The van der Waals surface area contributed by atoms with Crippen molar-refractivity contribution in [2.24, 2.45) is 0 Å². The molecule has 236 valence electrons. The van der Waals surface area contributed by atoms with Gasteiger partial charge in [-0.25, -0.2) is 0 Å². The Balaban J connectivity index is 0.00000112. The van der Waals surface area contributed by atoms with Crippen LogP contribution in [-0.2, 0) is 4.57 Å². The maximum absolute atomic E-state index is 15.1. The van der Waals surface area contributed by atoms with Crippen LogP contribution in [0.5, 0.6) is 0 Å². The number of hydrogen-bond acceptors (Lipinski definition) is 3. The van der Waals surface area contributed by atoms with Gasteiger partial charge in [0.05, 0.1) is 16.6 Å². The lowest BCUT2D eigenvalue weighted by Gasteiger charge is -2.20. The van der Waals surface area contributed by atoms with E-state index in [9.17, 15) is 0 Å². The maximum Gasteiger partial charge on any atom is 0.171 e. The average Bonchev–Trinajstić information content (AvgIpc) is 3.70. The Morgan fingerprint density at radius 2 is 1.14 bits per heavy atom. The molecule has 0 saturated heterocycles. The van der Waals surface area contributed by atoms with Gasteiger partial charge in [0.25, 0.3) is 0 Å². The predicted octanol–water partition coefficient (Wildman–Crippen LogP) is 10.6. The molecule has 0 bridgehead atoms. The van der Waals surface area contributed by atoms with Crippen molar-refractivity contribution in [3.63, 3.8) is 0 Å². The average molecular weight is 653 g/mol. The zero-order chi connectivity index (χ0) is 33.4. The molecule has 0 aliphatic rings. The van der Waals surface area contributed by atoms with Crippen LogP contribution in [-0.4, -0.2) is 9.55 Å². The van der Waals surface area contributed by atoms with Crippen molar-refractivity contribution in [3.05, 3.63) is 177 Å². The van der Waals surface area contributed by atoms with Gasteiger partial charge >= 0.3 is 0 Å². The highest BCUT2D eigenvalue weighted by molar-refractivity contribution is 7.85. The van der Waals surface area contributed by atoms with Gasteiger partial charge in [-0.2, -0.15) is 0 Å². The first-order valence-electron chi connectivity index (χ1n) is 16.3. The van der Waals surface area contributed by atoms with Crippen molar-refractivity contribution in [1.82, 2.24) is 9.55 Å². The van der Waals surface area contributed by atoms with Crippen LogP contribution in [0.25, 0.3) is 60.7 Å². The van der Waals surface area contributed by atoms with Crippen molar-refractivity contribution in [2.45, 2.75) is 6.92 Å². The molecule has 0 radical (unpaired) electrons. The lowest BCUT2D eigenvalue weighted by Crippen LogP contribution is -2.24. The number of allylic oxidation sites excluding steroid dienone is 1. The van der Waals surface area contributed by atoms with Gasteiger partial charge in [-0.05, 0) is 84.8 Å². The monoisotopic (exact) mass is 652 g/mol. The molecule has 0 aliphatic heterocycles. The van der Waals surface area contributed by atoms with Crippen LogP contribution in [0.2, 0.25) is 0 Å². The van der Waals surface area contributed by atoms with E-state index in [0.717, 1.165) is 76.6 Å². The zero-order valence-electron chi connectivity index (χ0n) is 27.0. The summed E-state index contributed by atoms with van der Waals surface area (Å²) in [5, 5.41) is 5.45. The maximum atomic E-state index is 15.1. The van der Waals surface area contributed by atoms with E-state index in [1.807, 2.05) is 104 Å². The third-order valence-electron chi connectivity index (χ3n) is 8.92. The molecule has 0 saturated carbocycles. The molecule has 6 aromatic carbocycles. The molecule has 0 unspecified atom stereocenters. The number of benzene rings is 6. The first-order chi connectivity index (χ1) is 24.1. The van der Waals surface area contributed by atoms with E-state index >= 15 is 4.57 Å². The van der Waals surface area contributed by atoms with E-state index in [2.05, 4.69) is 77.9 Å². The molecule has 0 amide bonds. The van der Waals surface area contributed by atoms with E-state index in [4.69, 9.17) is 9.40 Å². The number of nitrogens with zero attached hydrogens (tertiary/aromatic N) is 2. The van der Waals surface area contributed by atoms with Gasteiger partial charge in [0.15, 0.2) is 7.14 Å². The lowest BCUT2D eigenvalue weighted by atomic mass is 10.0. The van der Waals surface area contributed by atoms with Crippen molar-refractivity contribution in [3.8, 4) is 16.8 Å². The largest absolute Gasteiger partial charge is 0.456 e. The number of pyridine rings is 1. The standard InChI is InChI=1S/C41H27N2O2P.C3H6/c44-46(31-13-6-2-7-14-31,32-15-8-3-9-16-32)33-20-23-40-35(27-33)34-25-29(19-22-39(34)45-40)28-18-21-37-36(26-28)41-38(17-10-24-42-41)43(37)30-11-4-1-5-12-30;1-3-2/h1-27H;3H,1H2,2H3. The van der Waals surface area contributed by atoms with Crippen LogP contribution >= 0.6 is 7.14 Å². The number of aromatic nitrogens is 2. The van der Waals surface area contributed by atoms with E-state index < -0.39 is 7.14 Å². The molecule has 5 heteroatoms. The summed E-state index contributed by atoms with van der Waals surface area (Å²) in [5.74, 6) is 0. The highest BCUT2D eigenvalue weighted by Gasteiger charge is 2.30. The van der Waals surface area contributed by atoms with Crippen molar-refractivity contribution in [2.75, 3.05) is 0 Å². The van der Waals surface area contributed by atoms with Gasteiger partial charge in [0.2, 0.25) is 0 Å². The molecule has 9 rings (SSSR count).